The lowest BCUT2D eigenvalue weighted by Crippen LogP contribution is -2.47. The molecule has 0 unspecified atom stereocenters. The van der Waals surface area contributed by atoms with E-state index in [-0.39, 0.29) is 30.1 Å². The van der Waals surface area contributed by atoms with Crippen molar-refractivity contribution < 1.29 is 14.0 Å². The van der Waals surface area contributed by atoms with Crippen LogP contribution in [-0.2, 0) is 22.4 Å². The summed E-state index contributed by atoms with van der Waals surface area (Å²) in [5.41, 5.74) is 0.817. The van der Waals surface area contributed by atoms with Crippen LogP contribution in [0.2, 0.25) is 0 Å². The van der Waals surface area contributed by atoms with Gasteiger partial charge in [0, 0.05) is 24.0 Å². The highest BCUT2D eigenvalue weighted by Gasteiger charge is 2.23. The van der Waals surface area contributed by atoms with Crippen LogP contribution >= 0.6 is 11.3 Å². The smallest absolute Gasteiger partial charge is 0.226 e. The van der Waals surface area contributed by atoms with Gasteiger partial charge in [0.15, 0.2) is 0 Å². The van der Waals surface area contributed by atoms with Gasteiger partial charge in [-0.25, -0.2) is 4.39 Å². The third kappa shape index (κ3) is 5.13. The molecule has 132 valence electrons. The number of piperidine rings is 1. The molecule has 0 atom stereocenters. The minimum atomic E-state index is -0.296. The van der Waals surface area contributed by atoms with Crippen LogP contribution in [0.5, 0.6) is 0 Å². The quantitative estimate of drug-likeness (QED) is 0.891. The maximum Gasteiger partial charge on any atom is 0.226 e. The number of nitrogens with zero attached hydrogens (tertiary/aromatic N) is 1. The Morgan fingerprint density at radius 1 is 1.12 bits per heavy atom. The maximum absolute atomic E-state index is 12.9. The minimum absolute atomic E-state index is 0.0403. The van der Waals surface area contributed by atoms with Crippen molar-refractivity contribution >= 4 is 23.2 Å². The van der Waals surface area contributed by atoms with Crippen LogP contribution in [0.4, 0.5) is 4.39 Å². The van der Waals surface area contributed by atoms with Gasteiger partial charge in [-0.2, -0.15) is 0 Å². The van der Waals surface area contributed by atoms with E-state index in [9.17, 15) is 14.0 Å². The van der Waals surface area contributed by atoms with Crippen molar-refractivity contribution in [2.75, 3.05) is 13.1 Å². The van der Waals surface area contributed by atoms with Crippen LogP contribution in [-0.4, -0.2) is 35.8 Å². The fourth-order valence-electron chi connectivity index (χ4n) is 3.01. The van der Waals surface area contributed by atoms with Gasteiger partial charge in [0.1, 0.15) is 5.82 Å². The van der Waals surface area contributed by atoms with Crippen LogP contribution < -0.4 is 5.32 Å². The molecule has 2 heterocycles. The number of halogens is 1. The molecule has 1 saturated heterocycles. The Hall–Kier alpha value is -2.21. The molecule has 1 fully saturated rings. The number of hydrogen-bond donors (Lipinski definition) is 1. The molecule has 1 aromatic heterocycles. The van der Waals surface area contributed by atoms with Crippen LogP contribution in [0.15, 0.2) is 41.8 Å². The number of amides is 2. The largest absolute Gasteiger partial charge is 0.353 e. The van der Waals surface area contributed by atoms with Crippen molar-refractivity contribution in [3.63, 3.8) is 0 Å². The molecule has 25 heavy (non-hydrogen) atoms. The molecule has 1 aliphatic heterocycles. The van der Waals surface area contributed by atoms with Crippen LogP contribution in [0.1, 0.15) is 23.3 Å². The summed E-state index contributed by atoms with van der Waals surface area (Å²) in [6.45, 7) is 1.29. The first kappa shape index (κ1) is 17.6. The highest BCUT2D eigenvalue weighted by Crippen LogP contribution is 2.14. The number of benzene rings is 1. The van der Waals surface area contributed by atoms with Crippen molar-refractivity contribution in [2.45, 2.75) is 31.7 Å². The number of nitrogens with one attached hydrogen (secondary N) is 1. The topological polar surface area (TPSA) is 49.4 Å². The lowest BCUT2D eigenvalue weighted by Gasteiger charge is -2.32. The van der Waals surface area contributed by atoms with E-state index >= 15 is 0 Å². The van der Waals surface area contributed by atoms with E-state index in [2.05, 4.69) is 5.32 Å². The Balaban J connectivity index is 1.42. The summed E-state index contributed by atoms with van der Waals surface area (Å²) in [6.07, 6.45) is 2.24. The van der Waals surface area contributed by atoms with Crippen molar-refractivity contribution in [1.29, 1.82) is 0 Å². The van der Waals surface area contributed by atoms with Gasteiger partial charge in [0.05, 0.1) is 12.8 Å². The summed E-state index contributed by atoms with van der Waals surface area (Å²) in [6, 6.07) is 10.1. The molecule has 1 aliphatic rings. The molecule has 2 amide bonds. The van der Waals surface area contributed by atoms with Gasteiger partial charge < -0.3 is 10.2 Å². The third-order valence-corrected chi connectivity index (χ3v) is 5.27. The average molecular weight is 360 g/mol. The summed E-state index contributed by atoms with van der Waals surface area (Å²) in [4.78, 5) is 27.3. The normalized spacial score (nSPS) is 15.2. The zero-order valence-electron chi connectivity index (χ0n) is 13.9. The number of likely N-dealkylation sites (tertiary alicyclic amines) is 1. The molecule has 2 aromatic rings. The number of carbonyl (C=O) groups excluding carboxylic acids is 2. The molecular formula is C19H21FN2O2S. The predicted octanol–water partition coefficient (Wildman–Crippen LogP) is 2.78. The summed E-state index contributed by atoms with van der Waals surface area (Å²) < 4.78 is 12.9. The number of hydrogen-bond acceptors (Lipinski definition) is 3. The van der Waals surface area contributed by atoms with Crippen molar-refractivity contribution in [2.24, 2.45) is 0 Å². The molecule has 0 bridgehead atoms. The minimum Gasteiger partial charge on any atom is -0.353 e. The van der Waals surface area contributed by atoms with Crippen LogP contribution in [0.3, 0.4) is 0 Å². The number of carbonyl (C=O) groups is 2. The van der Waals surface area contributed by atoms with Gasteiger partial charge in [-0.15, -0.1) is 11.3 Å². The van der Waals surface area contributed by atoms with Crippen LogP contribution in [0, 0.1) is 5.82 Å². The number of rotatable bonds is 5. The first-order chi connectivity index (χ1) is 12.1. The van der Waals surface area contributed by atoms with Gasteiger partial charge in [-0.3, -0.25) is 9.59 Å². The van der Waals surface area contributed by atoms with Gasteiger partial charge in [-0.05, 0) is 42.0 Å². The summed E-state index contributed by atoms with van der Waals surface area (Å²) in [5.74, 6) is -0.205. The van der Waals surface area contributed by atoms with Gasteiger partial charge in [-0.1, -0.05) is 18.2 Å². The van der Waals surface area contributed by atoms with E-state index in [1.54, 1.807) is 23.5 Å². The zero-order valence-corrected chi connectivity index (χ0v) is 14.7. The van der Waals surface area contributed by atoms with Gasteiger partial charge in [0.2, 0.25) is 11.8 Å². The molecule has 0 saturated carbocycles. The first-order valence-corrected chi connectivity index (χ1v) is 9.32. The second-order valence-electron chi connectivity index (χ2n) is 6.28. The summed E-state index contributed by atoms with van der Waals surface area (Å²) >= 11 is 1.58. The highest BCUT2D eigenvalue weighted by molar-refractivity contribution is 7.10. The van der Waals surface area contributed by atoms with Gasteiger partial charge in [0.25, 0.3) is 0 Å². The molecule has 1 aromatic carbocycles. The Morgan fingerprint density at radius 2 is 1.84 bits per heavy atom. The van der Waals surface area contributed by atoms with Crippen LogP contribution in [0.25, 0.3) is 0 Å². The third-order valence-electron chi connectivity index (χ3n) is 4.40. The summed E-state index contributed by atoms with van der Waals surface area (Å²) in [7, 11) is 0. The lowest BCUT2D eigenvalue weighted by atomic mass is 10.0. The molecule has 0 radical (unpaired) electrons. The molecule has 1 N–H and O–H groups in total. The number of thiophene rings is 1. The highest BCUT2D eigenvalue weighted by atomic mass is 32.1. The molecule has 0 spiro atoms. The zero-order chi connectivity index (χ0) is 17.6. The van der Waals surface area contributed by atoms with E-state index in [1.165, 1.54) is 12.1 Å². The standard InChI is InChI=1S/C19H21FN2O2S/c20-15-5-3-14(4-6-15)12-19(24)22-9-7-16(8-10-22)21-18(23)13-17-2-1-11-25-17/h1-6,11,16H,7-10,12-13H2,(H,21,23). The molecule has 6 heteroatoms. The first-order valence-electron chi connectivity index (χ1n) is 8.44. The van der Waals surface area contributed by atoms with E-state index in [0.717, 1.165) is 23.3 Å². The Bertz CT molecular complexity index is 708. The Kier molecular flexibility index (Phi) is 5.81. The average Bonchev–Trinajstić information content (AvgIpc) is 3.10. The molecule has 3 rings (SSSR count). The van der Waals surface area contributed by atoms with E-state index in [0.29, 0.717) is 19.5 Å². The van der Waals surface area contributed by atoms with Gasteiger partial charge >= 0.3 is 0 Å². The SMILES string of the molecule is O=C(Cc1cccs1)NC1CCN(C(=O)Cc2ccc(F)cc2)CC1. The molecule has 4 nitrogen and oxygen atoms in total. The van der Waals surface area contributed by atoms with E-state index in [1.807, 2.05) is 22.4 Å². The second-order valence-corrected chi connectivity index (χ2v) is 7.31. The maximum atomic E-state index is 12.9. The fraction of sp³-hybridized carbons (Fsp3) is 0.368. The predicted molar refractivity (Wildman–Crippen MR) is 95.9 cm³/mol. The Morgan fingerprint density at radius 3 is 2.48 bits per heavy atom. The monoisotopic (exact) mass is 360 g/mol. The van der Waals surface area contributed by atoms with E-state index < -0.39 is 0 Å². The van der Waals surface area contributed by atoms with Crippen molar-refractivity contribution in [1.82, 2.24) is 10.2 Å². The lowest BCUT2D eigenvalue weighted by molar-refractivity contribution is -0.131. The molecule has 0 aliphatic carbocycles. The van der Waals surface area contributed by atoms with E-state index in [4.69, 9.17) is 0 Å². The van der Waals surface area contributed by atoms with Crippen molar-refractivity contribution in [3.05, 3.63) is 58.0 Å². The summed E-state index contributed by atoms with van der Waals surface area (Å²) in [5, 5.41) is 5.03. The fourth-order valence-corrected chi connectivity index (χ4v) is 3.72. The van der Waals surface area contributed by atoms with Crippen molar-refractivity contribution in [3.8, 4) is 0 Å². The molecular weight excluding hydrogens is 339 g/mol. The second kappa shape index (κ2) is 8.25. The Labute approximate surface area is 150 Å².